The van der Waals surface area contributed by atoms with Gasteiger partial charge in [-0.3, -0.25) is 0 Å². The number of hydrogen-bond acceptors (Lipinski definition) is 0. The van der Waals surface area contributed by atoms with Gasteiger partial charge in [-0.1, -0.05) is 50.3 Å². The van der Waals surface area contributed by atoms with Gasteiger partial charge in [-0.15, -0.1) is 0 Å². The molecule has 0 radical (unpaired) electrons. The van der Waals surface area contributed by atoms with Crippen molar-refractivity contribution in [1.82, 2.24) is 0 Å². The zero-order valence-electron chi connectivity index (χ0n) is 9.63. The number of allylic oxidation sites excluding steroid dienone is 4. The molecule has 0 fully saturated rings. The van der Waals surface area contributed by atoms with Crippen molar-refractivity contribution < 1.29 is 8.78 Å². The first-order valence-electron chi connectivity index (χ1n) is 5.59. The van der Waals surface area contributed by atoms with E-state index in [2.05, 4.69) is 0 Å². The van der Waals surface area contributed by atoms with Gasteiger partial charge in [-0.25, -0.2) is 8.78 Å². The average molecular weight is 222 g/mol. The first-order valence-corrected chi connectivity index (χ1v) is 5.59. The third-order valence-electron chi connectivity index (χ3n) is 2.27. The van der Waals surface area contributed by atoms with Gasteiger partial charge >= 0.3 is 0 Å². The summed E-state index contributed by atoms with van der Waals surface area (Å²) in [7, 11) is 0. The molecule has 0 nitrogen and oxygen atoms in total. The lowest BCUT2D eigenvalue weighted by atomic mass is 9.98. The second-order valence-corrected chi connectivity index (χ2v) is 3.24. The Hall–Kier alpha value is -1.44. The molecule has 0 atom stereocenters. The standard InChI is InChI=1S/C12H10F2.C2H6/c13-11-8-4-7-10(12(11)14)9-5-2-1-3-6-9;1-2/h1-3,5-7H,4,8H2;1-2H3. The highest BCUT2D eigenvalue weighted by molar-refractivity contribution is 5.78. The molecule has 2 heteroatoms. The minimum absolute atomic E-state index is 0.183. The maximum absolute atomic E-state index is 13.4. The van der Waals surface area contributed by atoms with Crippen LogP contribution in [0, 0.1) is 0 Å². The predicted molar refractivity (Wildman–Crippen MR) is 64.2 cm³/mol. The van der Waals surface area contributed by atoms with Crippen LogP contribution in [0.2, 0.25) is 0 Å². The lowest BCUT2D eigenvalue weighted by Gasteiger charge is -2.11. The van der Waals surface area contributed by atoms with Gasteiger partial charge in [0.2, 0.25) is 0 Å². The fraction of sp³-hybridized carbons (Fsp3) is 0.286. The molecule has 16 heavy (non-hydrogen) atoms. The Kier molecular flexibility index (Phi) is 4.90. The lowest BCUT2D eigenvalue weighted by molar-refractivity contribution is 0.521. The van der Waals surface area contributed by atoms with Gasteiger partial charge in [0, 0.05) is 12.0 Å². The molecule has 0 N–H and O–H groups in total. The third-order valence-corrected chi connectivity index (χ3v) is 2.27. The average Bonchev–Trinajstić information content (AvgIpc) is 2.36. The van der Waals surface area contributed by atoms with Gasteiger partial charge in [0.15, 0.2) is 5.83 Å². The van der Waals surface area contributed by atoms with E-state index in [-0.39, 0.29) is 6.42 Å². The third kappa shape index (κ3) is 2.78. The van der Waals surface area contributed by atoms with Gasteiger partial charge in [-0.05, 0) is 12.0 Å². The van der Waals surface area contributed by atoms with E-state index in [0.29, 0.717) is 12.0 Å². The summed E-state index contributed by atoms with van der Waals surface area (Å²) in [6.07, 6.45) is 2.50. The zero-order valence-corrected chi connectivity index (χ0v) is 9.63. The van der Waals surface area contributed by atoms with Crippen LogP contribution < -0.4 is 0 Å². The summed E-state index contributed by atoms with van der Waals surface area (Å²) in [4.78, 5) is 0. The van der Waals surface area contributed by atoms with Gasteiger partial charge < -0.3 is 0 Å². The number of halogens is 2. The van der Waals surface area contributed by atoms with E-state index in [1.807, 2.05) is 32.0 Å². The molecule has 0 unspecified atom stereocenters. The normalized spacial score (nSPS) is 15.1. The summed E-state index contributed by atoms with van der Waals surface area (Å²) in [5.41, 5.74) is 1.12. The van der Waals surface area contributed by atoms with E-state index in [1.54, 1.807) is 18.2 Å². The SMILES string of the molecule is CC.FC1=C(F)C(c2ccccc2)=CCC1. The Morgan fingerprint density at radius 3 is 2.25 bits per heavy atom. The van der Waals surface area contributed by atoms with Crippen molar-refractivity contribution in [3.8, 4) is 0 Å². The molecule has 1 aliphatic rings. The van der Waals surface area contributed by atoms with Crippen molar-refractivity contribution >= 4 is 5.57 Å². The molecule has 1 aromatic carbocycles. The summed E-state index contributed by atoms with van der Waals surface area (Å²) in [5, 5.41) is 0. The Labute approximate surface area is 95.3 Å². The number of rotatable bonds is 1. The highest BCUT2D eigenvalue weighted by Crippen LogP contribution is 2.33. The van der Waals surface area contributed by atoms with Crippen LogP contribution in [-0.2, 0) is 0 Å². The molecule has 0 heterocycles. The van der Waals surface area contributed by atoms with Gasteiger partial charge in [0.05, 0.1) is 0 Å². The fourth-order valence-corrected chi connectivity index (χ4v) is 1.55. The number of benzene rings is 1. The van der Waals surface area contributed by atoms with Crippen molar-refractivity contribution in [3.05, 3.63) is 53.6 Å². The van der Waals surface area contributed by atoms with Crippen LogP contribution in [0.5, 0.6) is 0 Å². The van der Waals surface area contributed by atoms with E-state index in [1.165, 1.54) is 0 Å². The molecular weight excluding hydrogens is 206 g/mol. The van der Waals surface area contributed by atoms with Gasteiger partial charge in [-0.2, -0.15) is 0 Å². The van der Waals surface area contributed by atoms with E-state index in [4.69, 9.17) is 0 Å². The van der Waals surface area contributed by atoms with Crippen LogP contribution >= 0.6 is 0 Å². The van der Waals surface area contributed by atoms with E-state index in [0.717, 1.165) is 5.56 Å². The van der Waals surface area contributed by atoms with Crippen LogP contribution in [0.1, 0.15) is 32.3 Å². The molecule has 0 aromatic heterocycles. The highest BCUT2D eigenvalue weighted by Gasteiger charge is 2.16. The molecule has 1 aromatic rings. The molecule has 0 saturated heterocycles. The summed E-state index contributed by atoms with van der Waals surface area (Å²) >= 11 is 0. The van der Waals surface area contributed by atoms with Crippen molar-refractivity contribution in [2.45, 2.75) is 26.7 Å². The van der Waals surface area contributed by atoms with Crippen molar-refractivity contribution in [2.24, 2.45) is 0 Å². The van der Waals surface area contributed by atoms with Crippen LogP contribution in [0.4, 0.5) is 8.78 Å². The van der Waals surface area contributed by atoms with Crippen LogP contribution in [0.3, 0.4) is 0 Å². The maximum Gasteiger partial charge on any atom is 0.162 e. The Morgan fingerprint density at radius 2 is 1.62 bits per heavy atom. The Morgan fingerprint density at radius 1 is 1.00 bits per heavy atom. The summed E-state index contributed by atoms with van der Waals surface area (Å²) in [5.74, 6) is -1.34. The predicted octanol–water partition coefficient (Wildman–Crippen LogP) is 5.04. The zero-order chi connectivity index (χ0) is 12.0. The van der Waals surface area contributed by atoms with E-state index >= 15 is 0 Å². The van der Waals surface area contributed by atoms with E-state index in [9.17, 15) is 8.78 Å². The molecule has 0 spiro atoms. The smallest absolute Gasteiger partial charge is 0.162 e. The fourth-order valence-electron chi connectivity index (χ4n) is 1.55. The second-order valence-electron chi connectivity index (χ2n) is 3.24. The van der Waals surface area contributed by atoms with Crippen LogP contribution in [0.15, 0.2) is 48.1 Å². The molecular formula is C14H16F2. The summed E-state index contributed by atoms with van der Waals surface area (Å²) in [6, 6.07) is 9.05. The molecule has 86 valence electrons. The molecule has 0 bridgehead atoms. The summed E-state index contributed by atoms with van der Waals surface area (Å²) < 4.78 is 26.3. The van der Waals surface area contributed by atoms with Crippen LogP contribution in [0.25, 0.3) is 5.57 Å². The minimum atomic E-state index is -0.706. The van der Waals surface area contributed by atoms with Crippen LogP contribution in [-0.4, -0.2) is 0 Å². The summed E-state index contributed by atoms with van der Waals surface area (Å²) in [6.45, 7) is 4.00. The Balaban J connectivity index is 0.000000606. The molecule has 0 saturated carbocycles. The quantitative estimate of drug-likeness (QED) is 0.624. The van der Waals surface area contributed by atoms with E-state index < -0.39 is 11.7 Å². The lowest BCUT2D eigenvalue weighted by Crippen LogP contribution is -1.94. The first kappa shape index (κ1) is 12.6. The largest absolute Gasteiger partial charge is 0.209 e. The molecule has 0 aliphatic heterocycles. The maximum atomic E-state index is 13.4. The molecule has 1 aliphatic carbocycles. The van der Waals surface area contributed by atoms with Crippen molar-refractivity contribution in [1.29, 1.82) is 0 Å². The highest BCUT2D eigenvalue weighted by atomic mass is 19.2. The first-order chi connectivity index (χ1) is 7.79. The molecule has 0 amide bonds. The van der Waals surface area contributed by atoms with Crippen molar-refractivity contribution in [3.63, 3.8) is 0 Å². The topological polar surface area (TPSA) is 0 Å². The minimum Gasteiger partial charge on any atom is -0.209 e. The number of hydrogen-bond donors (Lipinski definition) is 0. The van der Waals surface area contributed by atoms with Gasteiger partial charge in [0.25, 0.3) is 0 Å². The Bertz CT molecular complexity index is 388. The van der Waals surface area contributed by atoms with Gasteiger partial charge in [0.1, 0.15) is 5.83 Å². The second kappa shape index (κ2) is 6.21. The van der Waals surface area contributed by atoms with Crippen molar-refractivity contribution in [2.75, 3.05) is 0 Å². The monoisotopic (exact) mass is 222 g/mol. The molecule has 2 rings (SSSR count).